The van der Waals surface area contributed by atoms with Gasteiger partial charge in [0, 0.05) is 43.9 Å². The zero-order chi connectivity index (χ0) is 20.8. The Kier molecular flexibility index (Phi) is 7.69. The fourth-order valence-electron chi connectivity index (χ4n) is 3.33. The van der Waals surface area contributed by atoms with Gasteiger partial charge >= 0.3 is 0 Å². The van der Waals surface area contributed by atoms with E-state index >= 15 is 0 Å². The van der Waals surface area contributed by atoms with Gasteiger partial charge in [-0.3, -0.25) is 14.5 Å². The minimum Gasteiger partial charge on any atom is -0.497 e. The third-order valence-corrected chi connectivity index (χ3v) is 5.19. The number of nitrogens with one attached hydrogen (secondary N) is 1. The Hall–Kier alpha value is -2.28. The molecule has 1 aliphatic heterocycles. The summed E-state index contributed by atoms with van der Waals surface area (Å²) in [6, 6.07) is 4.88. The smallest absolute Gasteiger partial charge is 0.252 e. The second kappa shape index (κ2) is 9.78. The molecule has 1 fully saturated rings. The monoisotopic (exact) mass is 391 g/mol. The van der Waals surface area contributed by atoms with Crippen LogP contribution in [0, 0.1) is 5.92 Å². The lowest BCUT2D eigenvalue weighted by atomic mass is 10.0. The fourth-order valence-corrected chi connectivity index (χ4v) is 3.33. The first-order valence-corrected chi connectivity index (χ1v) is 9.83. The molecule has 7 nitrogen and oxygen atoms in total. The number of rotatable bonds is 7. The lowest BCUT2D eigenvalue weighted by Gasteiger charge is -2.39. The molecule has 1 aromatic rings. The van der Waals surface area contributed by atoms with E-state index in [0.29, 0.717) is 36.2 Å². The van der Waals surface area contributed by atoms with Gasteiger partial charge in [-0.2, -0.15) is 0 Å². The van der Waals surface area contributed by atoms with Gasteiger partial charge in [0.15, 0.2) is 0 Å². The van der Waals surface area contributed by atoms with E-state index in [1.54, 1.807) is 18.2 Å². The van der Waals surface area contributed by atoms with Crippen LogP contribution >= 0.6 is 0 Å². The largest absolute Gasteiger partial charge is 0.497 e. The molecule has 0 aromatic heterocycles. The number of amides is 2. The Morgan fingerprint density at radius 1 is 0.929 bits per heavy atom. The van der Waals surface area contributed by atoms with E-state index in [-0.39, 0.29) is 17.7 Å². The predicted octanol–water partition coefficient (Wildman–Crippen LogP) is 2.01. The molecule has 2 rings (SSSR count). The summed E-state index contributed by atoms with van der Waals surface area (Å²) in [7, 11) is 3.07. The number of carbonyl (C=O) groups is 2. The highest BCUT2D eigenvalue weighted by Gasteiger charge is 2.31. The molecule has 1 atom stereocenters. The van der Waals surface area contributed by atoms with Crippen LogP contribution in [0.15, 0.2) is 18.2 Å². The lowest BCUT2D eigenvalue weighted by Crippen LogP contribution is -2.57. The molecule has 156 valence electrons. The van der Waals surface area contributed by atoms with Crippen LogP contribution in [0.3, 0.4) is 0 Å². The summed E-state index contributed by atoms with van der Waals surface area (Å²) in [5.74, 6) is 0.697. The molecule has 0 aliphatic carbocycles. The third kappa shape index (κ3) is 5.38. The van der Waals surface area contributed by atoms with Gasteiger partial charge in [-0.05, 0) is 31.9 Å². The summed E-state index contributed by atoms with van der Waals surface area (Å²) in [5.41, 5.74) is 0.402. The van der Waals surface area contributed by atoms with Crippen molar-refractivity contribution in [1.82, 2.24) is 15.1 Å². The Labute approximate surface area is 168 Å². The highest BCUT2D eigenvalue weighted by molar-refractivity contribution is 5.98. The molecule has 1 heterocycles. The molecular formula is C21H33N3O4. The van der Waals surface area contributed by atoms with Gasteiger partial charge in [0.05, 0.1) is 14.2 Å². The number of piperazine rings is 1. The van der Waals surface area contributed by atoms with Crippen molar-refractivity contribution in [2.45, 2.75) is 39.8 Å². The second-order valence-electron chi connectivity index (χ2n) is 7.75. The number of methoxy groups -OCH3 is 2. The molecule has 1 aliphatic rings. The van der Waals surface area contributed by atoms with E-state index < -0.39 is 6.04 Å². The fraction of sp³-hybridized carbons (Fsp3) is 0.619. The van der Waals surface area contributed by atoms with Gasteiger partial charge in [0.25, 0.3) is 5.91 Å². The van der Waals surface area contributed by atoms with Crippen LogP contribution in [-0.4, -0.2) is 74.1 Å². The van der Waals surface area contributed by atoms with Crippen molar-refractivity contribution in [1.29, 1.82) is 0 Å². The van der Waals surface area contributed by atoms with E-state index in [1.165, 1.54) is 14.2 Å². The summed E-state index contributed by atoms with van der Waals surface area (Å²) in [6.45, 7) is 11.3. The molecule has 7 heteroatoms. The Morgan fingerprint density at radius 2 is 1.46 bits per heavy atom. The van der Waals surface area contributed by atoms with E-state index in [9.17, 15) is 9.59 Å². The van der Waals surface area contributed by atoms with E-state index in [0.717, 1.165) is 13.1 Å². The van der Waals surface area contributed by atoms with Gasteiger partial charge in [0.1, 0.15) is 17.5 Å². The molecular weight excluding hydrogens is 358 g/mol. The van der Waals surface area contributed by atoms with Crippen molar-refractivity contribution < 1.29 is 19.1 Å². The molecule has 1 unspecified atom stereocenters. The third-order valence-electron chi connectivity index (χ3n) is 5.19. The van der Waals surface area contributed by atoms with Crippen molar-refractivity contribution in [3.63, 3.8) is 0 Å². The van der Waals surface area contributed by atoms with Gasteiger partial charge < -0.3 is 19.7 Å². The highest BCUT2D eigenvalue weighted by atomic mass is 16.5. The molecule has 0 saturated carbocycles. The Morgan fingerprint density at radius 3 is 1.89 bits per heavy atom. The van der Waals surface area contributed by atoms with Gasteiger partial charge in [-0.1, -0.05) is 13.8 Å². The van der Waals surface area contributed by atoms with Crippen molar-refractivity contribution in [2.24, 2.45) is 5.92 Å². The number of carbonyl (C=O) groups excluding carboxylic acids is 2. The topological polar surface area (TPSA) is 71.1 Å². The van der Waals surface area contributed by atoms with Crippen molar-refractivity contribution >= 4 is 11.8 Å². The number of nitrogens with zero attached hydrogens (tertiary/aromatic N) is 2. The van der Waals surface area contributed by atoms with Crippen LogP contribution in [-0.2, 0) is 4.79 Å². The van der Waals surface area contributed by atoms with Gasteiger partial charge in [-0.15, -0.1) is 0 Å². The molecule has 0 bridgehead atoms. The van der Waals surface area contributed by atoms with Crippen LogP contribution < -0.4 is 14.8 Å². The van der Waals surface area contributed by atoms with E-state index in [1.807, 2.05) is 18.7 Å². The number of hydrogen-bond donors (Lipinski definition) is 1. The van der Waals surface area contributed by atoms with E-state index in [4.69, 9.17) is 9.47 Å². The standard InChI is InChI=1S/C21H33N3O4/c1-14(2)19(21(26)24-9-7-23(8-10-24)15(3)4)22-20(25)16-11-17(27-5)13-18(12-16)28-6/h11-15,19H,7-10H2,1-6H3,(H,22,25). The summed E-state index contributed by atoms with van der Waals surface area (Å²) in [5, 5.41) is 2.91. The first kappa shape index (κ1) is 22.0. The molecule has 0 radical (unpaired) electrons. The van der Waals surface area contributed by atoms with Crippen LogP contribution in [0.4, 0.5) is 0 Å². The maximum absolute atomic E-state index is 13.1. The normalized spacial score (nSPS) is 16.2. The molecule has 2 amide bonds. The van der Waals surface area contributed by atoms with E-state index in [2.05, 4.69) is 24.1 Å². The summed E-state index contributed by atoms with van der Waals surface area (Å²) in [6.07, 6.45) is 0. The SMILES string of the molecule is COc1cc(OC)cc(C(=O)NC(C(=O)N2CCN(C(C)C)CC2)C(C)C)c1. The number of ether oxygens (including phenoxy) is 2. The van der Waals surface area contributed by atoms with Crippen molar-refractivity contribution in [2.75, 3.05) is 40.4 Å². The molecule has 0 spiro atoms. The van der Waals surface area contributed by atoms with Crippen LogP contribution in [0.2, 0.25) is 0 Å². The summed E-state index contributed by atoms with van der Waals surface area (Å²) < 4.78 is 10.5. The summed E-state index contributed by atoms with van der Waals surface area (Å²) in [4.78, 5) is 30.1. The second-order valence-corrected chi connectivity index (χ2v) is 7.75. The van der Waals surface area contributed by atoms with Crippen LogP contribution in [0.25, 0.3) is 0 Å². The maximum Gasteiger partial charge on any atom is 0.252 e. The predicted molar refractivity (Wildman–Crippen MR) is 109 cm³/mol. The highest BCUT2D eigenvalue weighted by Crippen LogP contribution is 2.23. The number of hydrogen-bond acceptors (Lipinski definition) is 5. The zero-order valence-corrected chi connectivity index (χ0v) is 17.8. The first-order chi connectivity index (χ1) is 13.3. The average molecular weight is 392 g/mol. The Balaban J connectivity index is 2.10. The molecule has 28 heavy (non-hydrogen) atoms. The maximum atomic E-state index is 13.1. The average Bonchev–Trinajstić information content (AvgIpc) is 2.70. The summed E-state index contributed by atoms with van der Waals surface area (Å²) >= 11 is 0. The minimum atomic E-state index is -0.574. The van der Waals surface area contributed by atoms with Gasteiger partial charge in [-0.25, -0.2) is 0 Å². The molecule has 1 saturated heterocycles. The van der Waals surface area contributed by atoms with Crippen molar-refractivity contribution in [3.05, 3.63) is 23.8 Å². The lowest BCUT2D eigenvalue weighted by molar-refractivity contribution is -0.136. The molecule has 1 aromatic carbocycles. The first-order valence-electron chi connectivity index (χ1n) is 9.83. The van der Waals surface area contributed by atoms with Gasteiger partial charge in [0.2, 0.25) is 5.91 Å². The zero-order valence-electron chi connectivity index (χ0n) is 17.8. The van der Waals surface area contributed by atoms with Crippen LogP contribution in [0.1, 0.15) is 38.1 Å². The Bertz CT molecular complexity index is 660. The molecule has 1 N–H and O–H groups in total. The quantitative estimate of drug-likeness (QED) is 0.770. The number of benzene rings is 1. The minimum absolute atomic E-state index is 0.0212. The van der Waals surface area contributed by atoms with Crippen LogP contribution in [0.5, 0.6) is 11.5 Å². The van der Waals surface area contributed by atoms with Crippen molar-refractivity contribution in [3.8, 4) is 11.5 Å².